The van der Waals surface area contributed by atoms with Gasteiger partial charge >= 0.3 is 0 Å². The molecule has 2 aromatic rings. The molecule has 0 aromatic heterocycles. The molecule has 0 atom stereocenters. The van der Waals surface area contributed by atoms with Crippen molar-refractivity contribution in [2.24, 2.45) is 0 Å². The normalized spacial score (nSPS) is 12.4. The van der Waals surface area contributed by atoms with Crippen LogP contribution < -0.4 is 0 Å². The van der Waals surface area contributed by atoms with Crippen LogP contribution in [-0.4, -0.2) is 13.1 Å². The number of ketones is 1. The van der Waals surface area contributed by atoms with Gasteiger partial charge in [0.2, 0.25) is 0 Å². The van der Waals surface area contributed by atoms with Gasteiger partial charge in [-0.1, -0.05) is 54.6 Å². The van der Waals surface area contributed by atoms with Gasteiger partial charge in [-0.25, -0.2) is 0 Å². The minimum atomic E-state index is -0.0325. The molecule has 2 nitrogen and oxygen atoms in total. The third kappa shape index (κ3) is 2.77. The first-order valence-electron chi connectivity index (χ1n) is 7.11. The molecule has 0 saturated carbocycles. The van der Waals surface area contributed by atoms with Crippen molar-refractivity contribution in [3.8, 4) is 17.2 Å². The smallest absolute Gasteiger partial charge is 0.186 e. The van der Waals surface area contributed by atoms with E-state index in [-0.39, 0.29) is 12.2 Å². The van der Waals surface area contributed by atoms with Gasteiger partial charge < -0.3 is 0 Å². The molecule has 3 rings (SSSR count). The number of nitriles is 1. The number of allylic oxidation sites excluding steroid dienone is 3. The second kappa shape index (κ2) is 6.28. The first-order chi connectivity index (χ1) is 10.8. The summed E-state index contributed by atoms with van der Waals surface area (Å²) >= 11 is 0. The Morgan fingerprint density at radius 3 is 2.59 bits per heavy atom. The lowest BCUT2D eigenvalue weighted by molar-refractivity contribution is 0.104. The van der Waals surface area contributed by atoms with Crippen LogP contribution in [0.25, 0.3) is 11.1 Å². The Kier molecular flexibility index (Phi) is 4.02. The van der Waals surface area contributed by atoms with E-state index in [9.17, 15) is 4.79 Å². The van der Waals surface area contributed by atoms with E-state index in [1.54, 1.807) is 13.4 Å². The summed E-state index contributed by atoms with van der Waals surface area (Å²) in [6, 6.07) is 17.8. The van der Waals surface area contributed by atoms with E-state index in [1.165, 1.54) is 0 Å². The van der Waals surface area contributed by atoms with Gasteiger partial charge in [-0.05, 0) is 28.2 Å². The molecule has 103 valence electrons. The number of nitrogens with zero attached hydrogens (tertiary/aromatic N) is 1. The number of benzene rings is 2. The largest absolute Gasteiger partial charge is 0.290 e. The quantitative estimate of drug-likeness (QED) is 0.633. The van der Waals surface area contributed by atoms with Gasteiger partial charge in [-0.15, -0.1) is 5.98 Å². The van der Waals surface area contributed by atoms with E-state index >= 15 is 0 Å². The lowest BCUT2D eigenvalue weighted by Crippen LogP contribution is -2.09. The first kappa shape index (κ1) is 14.1. The predicted molar refractivity (Wildman–Crippen MR) is 88.5 cm³/mol. The highest BCUT2D eigenvalue weighted by molar-refractivity contribution is 6.61. The Bertz CT molecular complexity index is 813. The molecule has 22 heavy (non-hydrogen) atoms. The Morgan fingerprint density at radius 1 is 1.09 bits per heavy atom. The average molecular weight is 282 g/mol. The van der Waals surface area contributed by atoms with Crippen molar-refractivity contribution < 1.29 is 4.79 Å². The highest BCUT2D eigenvalue weighted by atomic mass is 16.1. The lowest BCUT2D eigenvalue weighted by Gasteiger charge is -2.10. The van der Waals surface area contributed by atoms with Crippen molar-refractivity contribution in [1.29, 1.82) is 5.26 Å². The van der Waals surface area contributed by atoms with Crippen molar-refractivity contribution in [1.82, 2.24) is 0 Å². The van der Waals surface area contributed by atoms with Crippen LogP contribution in [0.5, 0.6) is 0 Å². The SMILES string of the molecule is N#CCc1cc(-c2ccccc2)ccc1C(=O)C1=CC=C[B]1. The summed E-state index contributed by atoms with van der Waals surface area (Å²) in [5, 5.41) is 9.06. The van der Waals surface area contributed by atoms with Gasteiger partial charge in [0.1, 0.15) is 0 Å². The topological polar surface area (TPSA) is 40.9 Å². The van der Waals surface area contributed by atoms with Crippen molar-refractivity contribution in [2.45, 2.75) is 6.42 Å². The van der Waals surface area contributed by atoms with Crippen LogP contribution in [0.2, 0.25) is 0 Å². The fraction of sp³-hybridized carbons (Fsp3) is 0.0526. The van der Waals surface area contributed by atoms with E-state index in [1.807, 2.05) is 60.6 Å². The number of hydrogen-bond acceptors (Lipinski definition) is 2. The summed E-state index contributed by atoms with van der Waals surface area (Å²) in [6.07, 6.45) is 3.86. The van der Waals surface area contributed by atoms with E-state index in [0.29, 0.717) is 11.0 Å². The molecule has 0 fully saturated rings. The van der Waals surface area contributed by atoms with Crippen LogP contribution in [0.1, 0.15) is 15.9 Å². The molecule has 0 saturated heterocycles. The maximum atomic E-state index is 12.5. The summed E-state index contributed by atoms with van der Waals surface area (Å²) in [7, 11) is 1.80. The van der Waals surface area contributed by atoms with Crippen LogP contribution in [0.4, 0.5) is 0 Å². The summed E-state index contributed by atoms with van der Waals surface area (Å²) in [5.41, 5.74) is 4.13. The van der Waals surface area contributed by atoms with Crippen LogP contribution in [0.15, 0.2) is 72.1 Å². The molecular weight excluding hydrogens is 269 g/mol. The Labute approximate surface area is 130 Å². The molecule has 0 amide bonds. The van der Waals surface area contributed by atoms with Gasteiger partial charge in [0, 0.05) is 5.56 Å². The Morgan fingerprint density at radius 2 is 1.91 bits per heavy atom. The fourth-order valence-electron chi connectivity index (χ4n) is 2.54. The summed E-state index contributed by atoms with van der Waals surface area (Å²) in [5.74, 6) is 1.81. The van der Waals surface area contributed by atoms with Gasteiger partial charge in [-0.2, -0.15) is 5.26 Å². The van der Waals surface area contributed by atoms with Crippen LogP contribution in [0, 0.1) is 11.3 Å². The number of Topliss-reactive ketones (excluding diaryl/α,β-unsaturated/α-hetero) is 1. The molecule has 0 aliphatic carbocycles. The molecule has 0 N–H and O–H groups in total. The van der Waals surface area contributed by atoms with E-state index in [2.05, 4.69) is 6.07 Å². The summed E-state index contributed by atoms with van der Waals surface area (Å²) in [6.45, 7) is 0. The minimum absolute atomic E-state index is 0.0325. The van der Waals surface area contributed by atoms with E-state index < -0.39 is 0 Å². The molecule has 1 aliphatic rings. The highest BCUT2D eigenvalue weighted by Crippen LogP contribution is 2.24. The lowest BCUT2D eigenvalue weighted by atomic mass is 9.69. The maximum Gasteiger partial charge on any atom is 0.186 e. The number of hydrogen-bond donors (Lipinski definition) is 0. The second-order valence-corrected chi connectivity index (χ2v) is 5.08. The molecule has 0 bridgehead atoms. The standard InChI is InChI=1S/C19H13BNO/c21-12-10-16-13-15(14-5-2-1-3-6-14)8-9-17(16)19(22)18-7-4-11-20-18/h1-9,11,13H,10H2. The molecule has 1 aliphatic heterocycles. The summed E-state index contributed by atoms with van der Waals surface area (Å²) in [4.78, 5) is 12.5. The molecule has 2 aromatic carbocycles. The number of carbonyl (C=O) groups excluding carboxylic acids is 1. The van der Waals surface area contributed by atoms with E-state index in [0.717, 1.165) is 16.7 Å². The molecule has 0 spiro atoms. The minimum Gasteiger partial charge on any atom is -0.290 e. The number of carbonyl (C=O) groups is 1. The molecule has 0 unspecified atom stereocenters. The molecule has 1 heterocycles. The molecular formula is C19H13BNO. The zero-order valence-corrected chi connectivity index (χ0v) is 12.0. The first-order valence-corrected chi connectivity index (χ1v) is 7.11. The van der Waals surface area contributed by atoms with Crippen molar-refractivity contribution >= 4 is 13.1 Å². The Hall–Kier alpha value is -2.86. The zero-order chi connectivity index (χ0) is 15.4. The Balaban J connectivity index is 2.01. The van der Waals surface area contributed by atoms with Gasteiger partial charge in [0.15, 0.2) is 13.1 Å². The third-order valence-electron chi connectivity index (χ3n) is 3.65. The van der Waals surface area contributed by atoms with Crippen molar-refractivity contribution in [2.75, 3.05) is 0 Å². The molecule has 3 heteroatoms. The van der Waals surface area contributed by atoms with Crippen LogP contribution >= 0.6 is 0 Å². The van der Waals surface area contributed by atoms with Crippen molar-refractivity contribution in [3.63, 3.8) is 0 Å². The van der Waals surface area contributed by atoms with Gasteiger partial charge in [-0.3, -0.25) is 4.79 Å². The number of rotatable bonds is 4. The predicted octanol–water partition coefficient (Wildman–Crippen LogP) is 3.72. The van der Waals surface area contributed by atoms with E-state index in [4.69, 9.17) is 5.26 Å². The molecule has 1 radical (unpaired) electrons. The zero-order valence-electron chi connectivity index (χ0n) is 12.0. The summed E-state index contributed by atoms with van der Waals surface area (Å²) < 4.78 is 0. The van der Waals surface area contributed by atoms with Gasteiger partial charge in [0.25, 0.3) is 0 Å². The maximum absolute atomic E-state index is 12.5. The second-order valence-electron chi connectivity index (χ2n) is 5.08. The van der Waals surface area contributed by atoms with Crippen LogP contribution in [0.3, 0.4) is 0 Å². The van der Waals surface area contributed by atoms with Crippen molar-refractivity contribution in [3.05, 3.63) is 83.3 Å². The fourth-order valence-corrected chi connectivity index (χ4v) is 2.54. The van der Waals surface area contributed by atoms with Gasteiger partial charge in [0.05, 0.1) is 12.5 Å². The third-order valence-corrected chi connectivity index (χ3v) is 3.65. The highest BCUT2D eigenvalue weighted by Gasteiger charge is 2.17. The monoisotopic (exact) mass is 282 g/mol. The van der Waals surface area contributed by atoms with Crippen LogP contribution in [-0.2, 0) is 6.42 Å². The average Bonchev–Trinajstić information content (AvgIpc) is 3.10.